The molecule has 3 nitrogen and oxygen atoms in total. The van der Waals surface area contributed by atoms with Gasteiger partial charge in [0.2, 0.25) is 5.83 Å². The van der Waals surface area contributed by atoms with Crippen LogP contribution in [-0.4, -0.2) is 25.5 Å². The van der Waals surface area contributed by atoms with Crippen LogP contribution in [0.2, 0.25) is 18.1 Å². The van der Waals surface area contributed by atoms with Crippen LogP contribution in [-0.2, 0) is 9.22 Å². The quantitative estimate of drug-likeness (QED) is 0.245. The minimum absolute atomic E-state index is 0.197. The van der Waals surface area contributed by atoms with Crippen LogP contribution >= 0.6 is 0 Å². The molecular weight excluding hydrogens is 443 g/mol. The smallest absolute Gasteiger partial charge is 0.364 e. The van der Waals surface area contributed by atoms with Gasteiger partial charge in [-0.15, -0.1) is 0 Å². The second kappa shape index (κ2) is 8.57. The van der Waals surface area contributed by atoms with Gasteiger partial charge in [0.15, 0.2) is 8.32 Å². The Hall–Kier alpha value is -0.943. The van der Waals surface area contributed by atoms with Gasteiger partial charge in [0, 0.05) is 6.10 Å². The van der Waals surface area contributed by atoms with Gasteiger partial charge in [-0.25, -0.2) is 4.79 Å². The average molecular weight is 491 g/mol. The van der Waals surface area contributed by atoms with E-state index in [1.54, 1.807) is 5.57 Å². The van der Waals surface area contributed by atoms with E-state index < -0.39 is 20.1 Å². The highest BCUT2D eigenvalue weighted by Crippen LogP contribution is 2.68. The van der Waals surface area contributed by atoms with Crippen LogP contribution in [0.25, 0.3) is 0 Å². The summed E-state index contributed by atoms with van der Waals surface area (Å²) in [4.78, 5) is 11.5. The van der Waals surface area contributed by atoms with Gasteiger partial charge in [0.05, 0.1) is 0 Å². The van der Waals surface area contributed by atoms with Crippen LogP contribution in [0.4, 0.5) is 4.39 Å². The number of hydrogen-bond acceptors (Lipinski definition) is 2. The highest BCUT2D eigenvalue weighted by atomic mass is 28.4. The van der Waals surface area contributed by atoms with E-state index in [1.807, 2.05) is 0 Å². The van der Waals surface area contributed by atoms with Gasteiger partial charge in [-0.3, -0.25) is 0 Å². The molecule has 0 spiro atoms. The van der Waals surface area contributed by atoms with Crippen molar-refractivity contribution in [3.05, 3.63) is 23.0 Å². The number of carboxylic acids is 1. The van der Waals surface area contributed by atoms with E-state index in [2.05, 4.69) is 60.7 Å². The van der Waals surface area contributed by atoms with Gasteiger partial charge in [0.1, 0.15) is 0 Å². The Morgan fingerprint density at radius 3 is 2.35 bits per heavy atom. The number of carboxylic acid groups (broad SMARTS) is 1. The minimum Gasteiger partial charge on any atom is -0.476 e. The molecule has 0 aromatic rings. The monoisotopic (exact) mass is 490 g/mol. The molecule has 34 heavy (non-hydrogen) atoms. The van der Waals surface area contributed by atoms with Crippen molar-refractivity contribution in [2.75, 3.05) is 0 Å². The highest BCUT2D eigenvalue weighted by molar-refractivity contribution is 6.74. The number of carbonyl (C=O) groups is 1. The molecule has 0 heterocycles. The van der Waals surface area contributed by atoms with Crippen LogP contribution < -0.4 is 0 Å². The molecule has 2 unspecified atom stereocenters. The highest BCUT2D eigenvalue weighted by Gasteiger charge is 2.60. The number of aliphatic carboxylic acids is 1. The van der Waals surface area contributed by atoms with E-state index in [-0.39, 0.29) is 15.9 Å². The zero-order chi connectivity index (χ0) is 25.3. The number of halogens is 1. The summed E-state index contributed by atoms with van der Waals surface area (Å²) in [7, 11) is -1.80. The van der Waals surface area contributed by atoms with Gasteiger partial charge in [-0.1, -0.05) is 53.2 Å². The van der Waals surface area contributed by atoms with E-state index in [0.29, 0.717) is 41.8 Å². The van der Waals surface area contributed by atoms with Gasteiger partial charge < -0.3 is 9.53 Å². The lowest BCUT2D eigenvalue weighted by Gasteiger charge is -2.60. The number of hydrogen-bond donors (Lipinski definition) is 1. The third kappa shape index (κ3) is 3.97. The normalized spacial score (nSPS) is 41.8. The standard InChI is InChI=1S/C29H47FO3Si/c1-9-18-16-19-17-20(33-34(7,8)27(2,3)4)12-14-28(19,5)22-13-15-29(6)21(24(18)22)10-11-23(29)25(30)26(31)32/h16,18,20-22,24H,9-15,17H2,1-8H3,(H,31,32)/t18?,20?,21-,22-,24-,28-,29-/m0/s1. The first kappa shape index (κ1) is 26.1. The Labute approximate surface area is 207 Å². The molecule has 0 aromatic carbocycles. The Balaban J connectivity index is 1.64. The summed E-state index contributed by atoms with van der Waals surface area (Å²) in [5.41, 5.74) is 2.10. The SMILES string of the molecule is CCC1C=C2CC(O[Si](C)(C)C(C)(C)C)CC[C@]2(C)[C@H]2CC[C@]3(C)C(=C(F)C(=O)O)CC[C@H]3[C@H]12. The number of rotatable bonds is 4. The molecule has 0 amide bonds. The Morgan fingerprint density at radius 2 is 1.76 bits per heavy atom. The molecule has 0 aliphatic heterocycles. The van der Waals surface area contributed by atoms with Gasteiger partial charge >= 0.3 is 5.97 Å². The first-order valence-electron chi connectivity index (χ1n) is 13.7. The van der Waals surface area contributed by atoms with Crippen LogP contribution in [0.5, 0.6) is 0 Å². The van der Waals surface area contributed by atoms with Crippen molar-refractivity contribution in [3.8, 4) is 0 Å². The summed E-state index contributed by atoms with van der Waals surface area (Å²) in [5, 5.41) is 9.60. The van der Waals surface area contributed by atoms with Crippen molar-refractivity contribution in [3.63, 3.8) is 0 Å². The summed E-state index contributed by atoms with van der Waals surface area (Å²) in [6, 6.07) is 0. The van der Waals surface area contributed by atoms with Crippen LogP contribution in [0.15, 0.2) is 23.0 Å². The fourth-order valence-corrected chi connectivity index (χ4v) is 9.56. The van der Waals surface area contributed by atoms with Crippen molar-refractivity contribution in [1.29, 1.82) is 0 Å². The second-order valence-corrected chi connectivity index (χ2v) is 18.6. The van der Waals surface area contributed by atoms with E-state index in [4.69, 9.17) is 4.43 Å². The first-order valence-corrected chi connectivity index (χ1v) is 16.6. The summed E-state index contributed by atoms with van der Waals surface area (Å²) < 4.78 is 21.6. The van der Waals surface area contributed by atoms with E-state index in [0.717, 1.165) is 38.5 Å². The fraction of sp³-hybridized carbons (Fsp3) is 0.828. The molecule has 0 aromatic heterocycles. The van der Waals surface area contributed by atoms with Crippen LogP contribution in [0.3, 0.4) is 0 Å². The average Bonchev–Trinajstić information content (AvgIpc) is 3.09. The van der Waals surface area contributed by atoms with Gasteiger partial charge in [0.25, 0.3) is 0 Å². The zero-order valence-corrected chi connectivity index (χ0v) is 23.8. The summed E-state index contributed by atoms with van der Waals surface area (Å²) in [6.45, 7) is 18.6. The first-order chi connectivity index (χ1) is 15.7. The molecule has 192 valence electrons. The second-order valence-electron chi connectivity index (χ2n) is 13.8. The molecule has 4 aliphatic carbocycles. The molecule has 0 saturated heterocycles. The zero-order valence-electron chi connectivity index (χ0n) is 22.8. The summed E-state index contributed by atoms with van der Waals surface area (Å²) >= 11 is 0. The fourth-order valence-electron chi connectivity index (χ4n) is 8.18. The lowest BCUT2D eigenvalue weighted by molar-refractivity contribution is -0.134. The molecule has 0 bridgehead atoms. The van der Waals surface area contributed by atoms with Crippen molar-refractivity contribution < 1.29 is 18.7 Å². The number of fused-ring (bicyclic) bond motifs is 5. The molecule has 1 N–H and O–H groups in total. The maximum atomic E-state index is 14.7. The number of allylic oxidation sites excluding steroid dienone is 2. The van der Waals surface area contributed by atoms with E-state index in [9.17, 15) is 14.3 Å². The largest absolute Gasteiger partial charge is 0.476 e. The Morgan fingerprint density at radius 1 is 1.15 bits per heavy atom. The van der Waals surface area contributed by atoms with Crippen molar-refractivity contribution in [2.45, 2.75) is 117 Å². The Kier molecular flexibility index (Phi) is 6.59. The lowest BCUT2D eigenvalue weighted by Crippen LogP contribution is -2.53. The molecular formula is C29H47FO3Si. The minimum atomic E-state index is -1.80. The predicted molar refractivity (Wildman–Crippen MR) is 139 cm³/mol. The van der Waals surface area contributed by atoms with Crippen LogP contribution in [0.1, 0.15) is 92.9 Å². The topological polar surface area (TPSA) is 46.5 Å². The molecule has 0 radical (unpaired) electrons. The maximum Gasteiger partial charge on any atom is 0.364 e. The summed E-state index contributed by atoms with van der Waals surface area (Å²) in [5.74, 6) is -0.253. The van der Waals surface area contributed by atoms with Crippen molar-refractivity contribution in [1.82, 2.24) is 0 Å². The molecule has 3 saturated carbocycles. The molecule has 4 rings (SSSR count). The molecule has 7 atom stereocenters. The van der Waals surface area contributed by atoms with Crippen molar-refractivity contribution >= 4 is 14.3 Å². The molecule has 4 aliphatic rings. The lowest BCUT2D eigenvalue weighted by atomic mass is 9.45. The van der Waals surface area contributed by atoms with E-state index in [1.165, 1.54) is 6.42 Å². The predicted octanol–water partition coefficient (Wildman–Crippen LogP) is 8.28. The molecule has 3 fully saturated rings. The Bertz CT molecular complexity index is 900. The van der Waals surface area contributed by atoms with E-state index >= 15 is 0 Å². The van der Waals surface area contributed by atoms with Gasteiger partial charge in [-0.2, -0.15) is 4.39 Å². The molecule has 5 heteroatoms. The van der Waals surface area contributed by atoms with Gasteiger partial charge in [-0.05, 0) is 110 Å². The third-order valence-electron chi connectivity index (χ3n) is 11.2. The summed E-state index contributed by atoms with van der Waals surface area (Å²) in [6.07, 6.45) is 10.9. The maximum absolute atomic E-state index is 14.7. The van der Waals surface area contributed by atoms with Crippen LogP contribution in [0, 0.1) is 34.5 Å². The van der Waals surface area contributed by atoms with Crippen molar-refractivity contribution in [2.24, 2.45) is 34.5 Å². The third-order valence-corrected chi connectivity index (χ3v) is 15.7.